The van der Waals surface area contributed by atoms with E-state index in [0.29, 0.717) is 26.9 Å². The lowest BCUT2D eigenvalue weighted by Gasteiger charge is -2.32. The standard InChI is InChI=1S/C24H25Cl2N5O2/c1-15(21-18(25)4-3-5-19(21)26)33-23-22(27)28-14-20(29-23)16-6-8-17(9-7-16)24(32)31-12-10-30(2)11-13-31/h3-9,14-15H,10-13H2,1-2H3,(H2,27,28). The molecule has 0 saturated carbocycles. The Balaban J connectivity index is 1.52. The van der Waals surface area contributed by atoms with Crippen molar-refractivity contribution in [3.63, 3.8) is 0 Å². The normalized spacial score (nSPS) is 15.3. The average molecular weight is 486 g/mol. The third-order valence-electron chi connectivity index (χ3n) is 5.68. The van der Waals surface area contributed by atoms with Gasteiger partial charge in [0.1, 0.15) is 6.10 Å². The number of rotatable bonds is 5. The van der Waals surface area contributed by atoms with Crippen molar-refractivity contribution in [2.75, 3.05) is 39.0 Å². The van der Waals surface area contributed by atoms with Crippen LogP contribution >= 0.6 is 23.2 Å². The van der Waals surface area contributed by atoms with Gasteiger partial charge in [0.05, 0.1) is 11.9 Å². The Morgan fingerprint density at radius 1 is 1.06 bits per heavy atom. The molecule has 1 saturated heterocycles. The lowest BCUT2D eigenvalue weighted by molar-refractivity contribution is 0.0664. The topological polar surface area (TPSA) is 84.6 Å². The summed E-state index contributed by atoms with van der Waals surface area (Å²) in [6.07, 6.45) is 1.09. The van der Waals surface area contributed by atoms with E-state index in [1.807, 2.05) is 24.0 Å². The van der Waals surface area contributed by atoms with Gasteiger partial charge in [-0.05, 0) is 38.2 Å². The molecule has 1 aromatic heterocycles. The van der Waals surface area contributed by atoms with Gasteiger partial charge in [-0.3, -0.25) is 4.79 Å². The van der Waals surface area contributed by atoms with E-state index < -0.39 is 6.10 Å². The van der Waals surface area contributed by atoms with Crippen LogP contribution in [0.5, 0.6) is 5.88 Å². The molecule has 0 aliphatic carbocycles. The van der Waals surface area contributed by atoms with Crippen molar-refractivity contribution in [3.05, 3.63) is 69.8 Å². The van der Waals surface area contributed by atoms with Crippen molar-refractivity contribution < 1.29 is 9.53 Å². The average Bonchev–Trinajstić information content (AvgIpc) is 2.80. The molecule has 9 heteroatoms. The summed E-state index contributed by atoms with van der Waals surface area (Å²) in [5.41, 5.74) is 8.68. The van der Waals surface area contributed by atoms with Crippen LogP contribution in [0.15, 0.2) is 48.7 Å². The first-order valence-corrected chi connectivity index (χ1v) is 11.4. The Kier molecular flexibility index (Phi) is 7.02. The lowest BCUT2D eigenvalue weighted by Crippen LogP contribution is -2.47. The number of ether oxygens (including phenoxy) is 1. The van der Waals surface area contributed by atoms with Gasteiger partial charge in [-0.2, -0.15) is 0 Å². The molecule has 3 aromatic rings. The second-order valence-electron chi connectivity index (χ2n) is 8.01. The van der Waals surface area contributed by atoms with Crippen LogP contribution in [-0.4, -0.2) is 58.9 Å². The number of carbonyl (C=O) groups is 1. The summed E-state index contributed by atoms with van der Waals surface area (Å²) in [5, 5.41) is 0.997. The number of nitrogen functional groups attached to an aromatic ring is 1. The Morgan fingerprint density at radius 2 is 1.70 bits per heavy atom. The summed E-state index contributed by atoms with van der Waals surface area (Å²) in [6.45, 7) is 5.04. The predicted molar refractivity (Wildman–Crippen MR) is 131 cm³/mol. The quantitative estimate of drug-likeness (QED) is 0.569. The Morgan fingerprint density at radius 3 is 2.33 bits per heavy atom. The highest BCUT2D eigenvalue weighted by Crippen LogP contribution is 2.34. The largest absolute Gasteiger partial charge is 0.467 e. The van der Waals surface area contributed by atoms with Crippen LogP contribution in [0, 0.1) is 0 Å². The molecule has 1 aliphatic rings. The fourth-order valence-electron chi connectivity index (χ4n) is 3.71. The molecule has 4 rings (SSSR count). The zero-order valence-corrected chi connectivity index (χ0v) is 20.0. The maximum Gasteiger partial charge on any atom is 0.258 e. The molecule has 172 valence electrons. The van der Waals surface area contributed by atoms with Crippen molar-refractivity contribution in [2.45, 2.75) is 13.0 Å². The van der Waals surface area contributed by atoms with Crippen molar-refractivity contribution in [3.8, 4) is 17.1 Å². The number of nitrogens with zero attached hydrogens (tertiary/aromatic N) is 4. The number of piperazine rings is 1. The smallest absolute Gasteiger partial charge is 0.258 e. The Hall–Kier alpha value is -2.87. The number of anilines is 1. The highest BCUT2D eigenvalue weighted by Gasteiger charge is 2.21. The predicted octanol–water partition coefficient (Wildman–Crippen LogP) is 4.56. The van der Waals surface area contributed by atoms with E-state index in [0.717, 1.165) is 31.7 Å². The molecular formula is C24H25Cl2N5O2. The van der Waals surface area contributed by atoms with Crippen LogP contribution in [0.2, 0.25) is 10.0 Å². The molecule has 1 atom stereocenters. The van der Waals surface area contributed by atoms with Crippen LogP contribution in [0.1, 0.15) is 28.9 Å². The van der Waals surface area contributed by atoms with Crippen molar-refractivity contribution in [1.82, 2.24) is 19.8 Å². The number of halogens is 2. The zero-order chi connectivity index (χ0) is 23.5. The number of carbonyl (C=O) groups excluding carboxylic acids is 1. The van der Waals surface area contributed by atoms with E-state index in [1.165, 1.54) is 0 Å². The Bertz CT molecular complexity index is 1130. The van der Waals surface area contributed by atoms with Gasteiger partial charge in [0.15, 0.2) is 5.82 Å². The molecule has 1 amide bonds. The van der Waals surface area contributed by atoms with E-state index in [-0.39, 0.29) is 17.6 Å². The van der Waals surface area contributed by atoms with Crippen molar-refractivity contribution in [1.29, 1.82) is 0 Å². The second-order valence-corrected chi connectivity index (χ2v) is 8.83. The van der Waals surface area contributed by atoms with Crippen LogP contribution in [-0.2, 0) is 0 Å². The van der Waals surface area contributed by atoms with E-state index in [2.05, 4.69) is 21.9 Å². The number of amides is 1. The first kappa shape index (κ1) is 23.3. The molecule has 1 unspecified atom stereocenters. The third-order valence-corrected chi connectivity index (χ3v) is 6.34. The summed E-state index contributed by atoms with van der Waals surface area (Å²) in [6, 6.07) is 12.6. The zero-order valence-electron chi connectivity index (χ0n) is 18.5. The summed E-state index contributed by atoms with van der Waals surface area (Å²) < 4.78 is 5.97. The van der Waals surface area contributed by atoms with E-state index >= 15 is 0 Å². The van der Waals surface area contributed by atoms with Crippen LogP contribution in [0.4, 0.5) is 5.82 Å². The number of nitrogens with two attached hydrogens (primary N) is 1. The number of aromatic nitrogens is 2. The van der Waals surface area contributed by atoms with E-state index in [1.54, 1.807) is 36.5 Å². The third kappa shape index (κ3) is 5.21. The van der Waals surface area contributed by atoms with Crippen molar-refractivity contribution in [2.24, 2.45) is 0 Å². The molecular weight excluding hydrogens is 461 g/mol. The van der Waals surface area contributed by atoms with Gasteiger partial charge >= 0.3 is 0 Å². The van der Waals surface area contributed by atoms with Gasteiger partial charge in [-0.1, -0.05) is 41.4 Å². The fourth-order valence-corrected chi connectivity index (χ4v) is 4.41. The number of benzene rings is 2. The molecule has 2 N–H and O–H groups in total. The van der Waals surface area contributed by atoms with Crippen molar-refractivity contribution >= 4 is 34.9 Å². The summed E-state index contributed by atoms with van der Waals surface area (Å²) >= 11 is 12.6. The Labute approximate surface area is 203 Å². The van der Waals surface area contributed by atoms with E-state index in [4.69, 9.17) is 33.7 Å². The maximum absolute atomic E-state index is 12.8. The highest BCUT2D eigenvalue weighted by molar-refractivity contribution is 6.36. The van der Waals surface area contributed by atoms with Gasteiger partial charge in [-0.25, -0.2) is 9.97 Å². The molecule has 2 aromatic carbocycles. The summed E-state index contributed by atoms with van der Waals surface area (Å²) in [4.78, 5) is 25.7. The highest BCUT2D eigenvalue weighted by atomic mass is 35.5. The van der Waals surface area contributed by atoms with Crippen LogP contribution < -0.4 is 10.5 Å². The number of likely N-dealkylation sites (N-methyl/N-ethyl adjacent to an activating group) is 1. The van der Waals surface area contributed by atoms with Gasteiger partial charge in [0.2, 0.25) is 0 Å². The first-order valence-electron chi connectivity index (χ1n) is 10.6. The molecule has 33 heavy (non-hydrogen) atoms. The van der Waals surface area contributed by atoms with Crippen LogP contribution in [0.3, 0.4) is 0 Å². The first-order chi connectivity index (χ1) is 15.8. The summed E-state index contributed by atoms with van der Waals surface area (Å²) in [5.74, 6) is 0.386. The number of hydrogen-bond donors (Lipinski definition) is 1. The lowest BCUT2D eigenvalue weighted by atomic mass is 10.1. The van der Waals surface area contributed by atoms with Gasteiger partial charge in [-0.15, -0.1) is 0 Å². The summed E-state index contributed by atoms with van der Waals surface area (Å²) in [7, 11) is 2.06. The molecule has 1 fully saturated rings. The van der Waals surface area contributed by atoms with Gasteiger partial charge in [0, 0.05) is 52.9 Å². The molecule has 0 bridgehead atoms. The van der Waals surface area contributed by atoms with Gasteiger partial charge < -0.3 is 20.3 Å². The minimum atomic E-state index is -0.485. The SMILES string of the molecule is CC(Oc1nc(-c2ccc(C(=O)N3CCN(C)CC3)cc2)cnc1N)c1c(Cl)cccc1Cl. The molecule has 0 spiro atoms. The fraction of sp³-hybridized carbons (Fsp3) is 0.292. The molecule has 0 radical (unpaired) electrons. The minimum Gasteiger partial charge on any atom is -0.467 e. The molecule has 7 nitrogen and oxygen atoms in total. The molecule has 2 heterocycles. The molecule has 1 aliphatic heterocycles. The maximum atomic E-state index is 12.8. The van der Waals surface area contributed by atoms with Gasteiger partial charge in [0.25, 0.3) is 11.8 Å². The second kappa shape index (κ2) is 9.95. The monoisotopic (exact) mass is 485 g/mol. The minimum absolute atomic E-state index is 0.0347. The number of hydrogen-bond acceptors (Lipinski definition) is 6. The van der Waals surface area contributed by atoms with Crippen LogP contribution in [0.25, 0.3) is 11.3 Å². The van der Waals surface area contributed by atoms with E-state index in [9.17, 15) is 4.79 Å².